The quantitative estimate of drug-likeness (QED) is 0.543. The van der Waals surface area contributed by atoms with Gasteiger partial charge in [0, 0.05) is 0 Å². The van der Waals surface area contributed by atoms with Crippen molar-refractivity contribution < 1.29 is 9.59 Å². The molecular formula is C28H30N2O2. The van der Waals surface area contributed by atoms with Crippen LogP contribution < -0.4 is 11.1 Å². The summed E-state index contributed by atoms with van der Waals surface area (Å²) in [6.07, 6.45) is 5.10. The predicted octanol–water partition coefficient (Wildman–Crippen LogP) is 4.57. The van der Waals surface area contributed by atoms with Crippen molar-refractivity contribution in [2.45, 2.75) is 43.6 Å². The van der Waals surface area contributed by atoms with Gasteiger partial charge in [0.15, 0.2) is 0 Å². The van der Waals surface area contributed by atoms with E-state index in [2.05, 4.69) is 5.32 Å². The van der Waals surface area contributed by atoms with Gasteiger partial charge < -0.3 is 11.1 Å². The highest BCUT2D eigenvalue weighted by atomic mass is 16.2. The number of carbonyl (C=O) groups excluding carboxylic acids is 2. The lowest BCUT2D eigenvalue weighted by Crippen LogP contribution is -2.56. The Balaban J connectivity index is 1.87. The first kappa shape index (κ1) is 21.8. The average Bonchev–Trinajstić information content (AvgIpc) is 2.85. The number of hydrogen-bond acceptors (Lipinski definition) is 2. The SMILES string of the molecule is NC(=O)[C@H](NC(=O)C(c1ccccc1)(c1ccccc1)c1ccccc1)C1CCCCC1. The van der Waals surface area contributed by atoms with Gasteiger partial charge in [-0.3, -0.25) is 9.59 Å². The molecule has 164 valence electrons. The fourth-order valence-electron chi connectivity index (χ4n) is 5.10. The van der Waals surface area contributed by atoms with E-state index in [1.54, 1.807) is 0 Å². The molecule has 4 nitrogen and oxygen atoms in total. The molecule has 1 aliphatic rings. The normalized spacial score (nSPS) is 15.6. The van der Waals surface area contributed by atoms with E-state index in [0.29, 0.717) is 0 Å². The molecule has 3 N–H and O–H groups in total. The van der Waals surface area contributed by atoms with Crippen molar-refractivity contribution in [3.05, 3.63) is 108 Å². The maximum Gasteiger partial charge on any atom is 0.240 e. The van der Waals surface area contributed by atoms with Crippen LogP contribution in [0.2, 0.25) is 0 Å². The minimum absolute atomic E-state index is 0.0743. The summed E-state index contributed by atoms with van der Waals surface area (Å²) in [7, 11) is 0. The third kappa shape index (κ3) is 4.18. The summed E-state index contributed by atoms with van der Waals surface area (Å²) in [6.45, 7) is 0. The van der Waals surface area contributed by atoms with Gasteiger partial charge in [-0.05, 0) is 35.4 Å². The van der Waals surface area contributed by atoms with Gasteiger partial charge in [-0.2, -0.15) is 0 Å². The molecule has 0 aliphatic heterocycles. The molecule has 0 unspecified atom stereocenters. The lowest BCUT2D eigenvalue weighted by molar-refractivity contribution is -0.130. The summed E-state index contributed by atoms with van der Waals surface area (Å²) in [5.41, 5.74) is 7.26. The molecule has 1 fully saturated rings. The molecule has 1 saturated carbocycles. The third-order valence-electron chi connectivity index (χ3n) is 6.68. The lowest BCUT2D eigenvalue weighted by atomic mass is 9.68. The highest BCUT2D eigenvalue weighted by Gasteiger charge is 2.45. The molecule has 0 saturated heterocycles. The summed E-state index contributed by atoms with van der Waals surface area (Å²) < 4.78 is 0. The van der Waals surface area contributed by atoms with Crippen molar-refractivity contribution in [2.75, 3.05) is 0 Å². The number of carbonyl (C=O) groups is 2. The van der Waals surface area contributed by atoms with Crippen molar-refractivity contribution >= 4 is 11.8 Å². The Morgan fingerprint density at radius 2 is 1.12 bits per heavy atom. The molecule has 2 amide bonds. The number of primary amides is 1. The monoisotopic (exact) mass is 426 g/mol. The zero-order chi connectivity index (χ0) is 22.4. The van der Waals surface area contributed by atoms with Gasteiger partial charge in [0.25, 0.3) is 0 Å². The van der Waals surface area contributed by atoms with E-state index in [9.17, 15) is 9.59 Å². The summed E-state index contributed by atoms with van der Waals surface area (Å²) in [5, 5.41) is 3.11. The smallest absolute Gasteiger partial charge is 0.240 e. The van der Waals surface area contributed by atoms with Gasteiger partial charge in [-0.15, -0.1) is 0 Å². The Kier molecular flexibility index (Phi) is 6.69. The fraction of sp³-hybridized carbons (Fsp3) is 0.286. The van der Waals surface area contributed by atoms with Gasteiger partial charge in [-0.1, -0.05) is 110 Å². The molecule has 3 aromatic rings. The Hall–Kier alpha value is -3.40. The highest BCUT2D eigenvalue weighted by Crippen LogP contribution is 2.40. The predicted molar refractivity (Wildman–Crippen MR) is 127 cm³/mol. The van der Waals surface area contributed by atoms with Crippen LogP contribution in [-0.4, -0.2) is 17.9 Å². The summed E-state index contributed by atoms with van der Waals surface area (Å²) in [6, 6.07) is 28.6. The van der Waals surface area contributed by atoms with Crippen molar-refractivity contribution in [1.82, 2.24) is 5.32 Å². The Morgan fingerprint density at radius 1 is 0.719 bits per heavy atom. The van der Waals surface area contributed by atoms with Gasteiger partial charge in [0.2, 0.25) is 11.8 Å². The van der Waals surface area contributed by atoms with E-state index < -0.39 is 17.4 Å². The van der Waals surface area contributed by atoms with Gasteiger partial charge in [-0.25, -0.2) is 0 Å². The van der Waals surface area contributed by atoms with Gasteiger partial charge in [0.1, 0.15) is 11.5 Å². The van der Waals surface area contributed by atoms with Gasteiger partial charge >= 0.3 is 0 Å². The van der Waals surface area contributed by atoms with E-state index >= 15 is 0 Å². The van der Waals surface area contributed by atoms with Crippen molar-refractivity contribution in [3.63, 3.8) is 0 Å². The first-order valence-electron chi connectivity index (χ1n) is 11.4. The van der Waals surface area contributed by atoms with Crippen LogP contribution in [0.15, 0.2) is 91.0 Å². The Morgan fingerprint density at radius 3 is 1.50 bits per heavy atom. The maximum atomic E-state index is 14.3. The molecular weight excluding hydrogens is 396 g/mol. The maximum absolute atomic E-state index is 14.3. The largest absolute Gasteiger partial charge is 0.368 e. The van der Waals surface area contributed by atoms with Crippen LogP contribution in [0, 0.1) is 5.92 Å². The number of nitrogens with two attached hydrogens (primary N) is 1. The zero-order valence-electron chi connectivity index (χ0n) is 18.2. The van der Waals surface area contributed by atoms with Crippen molar-refractivity contribution in [3.8, 4) is 0 Å². The molecule has 4 heteroatoms. The zero-order valence-corrected chi connectivity index (χ0v) is 18.2. The number of nitrogens with one attached hydrogen (secondary N) is 1. The molecule has 32 heavy (non-hydrogen) atoms. The summed E-state index contributed by atoms with van der Waals surface area (Å²) in [5.74, 6) is -0.617. The van der Waals surface area contributed by atoms with E-state index in [1.165, 1.54) is 0 Å². The first-order chi connectivity index (χ1) is 15.6. The second-order valence-electron chi connectivity index (χ2n) is 8.60. The van der Waals surface area contributed by atoms with Crippen LogP contribution in [0.3, 0.4) is 0 Å². The van der Waals surface area contributed by atoms with Crippen LogP contribution >= 0.6 is 0 Å². The van der Waals surface area contributed by atoms with E-state index in [1.807, 2.05) is 91.0 Å². The fourth-order valence-corrected chi connectivity index (χ4v) is 5.10. The van der Waals surface area contributed by atoms with E-state index in [-0.39, 0.29) is 11.8 Å². The van der Waals surface area contributed by atoms with Crippen molar-refractivity contribution in [2.24, 2.45) is 11.7 Å². The molecule has 4 rings (SSSR count). The molecule has 0 aromatic heterocycles. The molecule has 1 atom stereocenters. The molecule has 3 aromatic carbocycles. The standard InChI is InChI=1S/C28H30N2O2/c29-26(31)25(21-13-5-1-6-14-21)30-27(32)28(22-15-7-2-8-16-22,23-17-9-3-10-18-23)24-19-11-4-12-20-24/h2-4,7-12,15-21,25H,1,5-6,13-14H2,(H2,29,31)(H,30,32)/t25-/m1/s1. The third-order valence-corrected chi connectivity index (χ3v) is 6.68. The second-order valence-corrected chi connectivity index (χ2v) is 8.60. The lowest BCUT2D eigenvalue weighted by Gasteiger charge is -2.37. The van der Waals surface area contributed by atoms with Crippen LogP contribution in [-0.2, 0) is 15.0 Å². The number of rotatable bonds is 7. The Bertz CT molecular complexity index is 932. The molecule has 0 bridgehead atoms. The molecule has 0 radical (unpaired) electrons. The number of amides is 2. The van der Waals surface area contributed by atoms with E-state index in [4.69, 9.17) is 5.73 Å². The summed E-state index contributed by atoms with van der Waals surface area (Å²) >= 11 is 0. The molecule has 1 aliphatic carbocycles. The molecule has 0 spiro atoms. The first-order valence-corrected chi connectivity index (χ1v) is 11.4. The van der Waals surface area contributed by atoms with Gasteiger partial charge in [0.05, 0.1) is 0 Å². The summed E-state index contributed by atoms with van der Waals surface area (Å²) in [4.78, 5) is 26.8. The van der Waals surface area contributed by atoms with Crippen LogP contribution in [0.25, 0.3) is 0 Å². The van der Waals surface area contributed by atoms with Crippen LogP contribution in [0.4, 0.5) is 0 Å². The number of benzene rings is 3. The number of hydrogen-bond donors (Lipinski definition) is 2. The average molecular weight is 427 g/mol. The minimum atomic E-state index is -1.11. The van der Waals surface area contributed by atoms with Crippen LogP contribution in [0.1, 0.15) is 48.8 Å². The minimum Gasteiger partial charge on any atom is -0.368 e. The highest BCUT2D eigenvalue weighted by molar-refractivity contribution is 5.98. The van der Waals surface area contributed by atoms with E-state index in [0.717, 1.165) is 48.8 Å². The van der Waals surface area contributed by atoms with Crippen LogP contribution in [0.5, 0.6) is 0 Å². The molecule has 0 heterocycles. The Labute approximate surface area is 189 Å². The second kappa shape index (κ2) is 9.82. The van der Waals surface area contributed by atoms with Crippen molar-refractivity contribution in [1.29, 1.82) is 0 Å². The topological polar surface area (TPSA) is 72.2 Å².